The van der Waals surface area contributed by atoms with E-state index < -0.39 is 6.10 Å². The molecule has 0 aliphatic carbocycles. The highest BCUT2D eigenvalue weighted by molar-refractivity contribution is 7.99. The van der Waals surface area contributed by atoms with E-state index in [-0.39, 0.29) is 17.0 Å². The second-order valence-electron chi connectivity index (χ2n) is 4.12. The third kappa shape index (κ3) is 1.66. The van der Waals surface area contributed by atoms with E-state index in [0.717, 1.165) is 5.75 Å². The molecular weight excluding hydrogens is 242 g/mol. The molecule has 0 atom stereocenters. The molecule has 0 saturated carbocycles. The lowest BCUT2D eigenvalue weighted by Gasteiger charge is -2.35. The Labute approximate surface area is 101 Å². The summed E-state index contributed by atoms with van der Waals surface area (Å²) in [4.78, 5) is 29.5. The van der Waals surface area contributed by atoms with Crippen LogP contribution in [0.5, 0.6) is 0 Å². The van der Waals surface area contributed by atoms with Crippen LogP contribution in [0.4, 0.5) is 0 Å². The summed E-state index contributed by atoms with van der Waals surface area (Å²) in [5.41, 5.74) is -0.172. The lowest BCUT2D eigenvalue weighted by atomic mass is 10.1. The van der Waals surface area contributed by atoms with Gasteiger partial charge >= 0.3 is 0 Å². The van der Waals surface area contributed by atoms with Crippen molar-refractivity contribution in [1.82, 2.24) is 14.5 Å². The normalized spacial score (nSPS) is 19.0. The van der Waals surface area contributed by atoms with Gasteiger partial charge < -0.3 is 10.0 Å². The number of amides is 1. The Hall–Kier alpha value is -1.34. The van der Waals surface area contributed by atoms with Gasteiger partial charge in [0.25, 0.3) is 11.5 Å². The van der Waals surface area contributed by atoms with Crippen LogP contribution in [-0.2, 0) is 6.54 Å². The summed E-state index contributed by atoms with van der Waals surface area (Å²) in [7, 11) is 0. The van der Waals surface area contributed by atoms with E-state index in [1.54, 1.807) is 0 Å². The van der Waals surface area contributed by atoms with E-state index in [1.165, 1.54) is 27.4 Å². The van der Waals surface area contributed by atoms with Gasteiger partial charge in [0, 0.05) is 31.6 Å². The van der Waals surface area contributed by atoms with E-state index in [1.807, 2.05) is 0 Å². The third-order valence-electron chi connectivity index (χ3n) is 2.94. The van der Waals surface area contributed by atoms with Crippen molar-refractivity contribution >= 4 is 17.7 Å². The molecule has 2 aliphatic rings. The second-order valence-corrected chi connectivity index (χ2v) is 5.19. The molecule has 2 aliphatic heterocycles. The minimum absolute atomic E-state index is 0.100. The molecule has 0 aromatic carbocycles. The third-order valence-corrected chi connectivity index (χ3v) is 3.91. The van der Waals surface area contributed by atoms with E-state index in [0.29, 0.717) is 24.8 Å². The number of carbonyl (C=O) groups is 1. The summed E-state index contributed by atoms with van der Waals surface area (Å²) < 4.78 is 1.54. The van der Waals surface area contributed by atoms with Crippen molar-refractivity contribution in [3.8, 4) is 0 Å². The number of rotatable bonds is 1. The van der Waals surface area contributed by atoms with Gasteiger partial charge in [-0.3, -0.25) is 14.2 Å². The highest BCUT2D eigenvalue weighted by Crippen LogP contribution is 2.21. The molecule has 1 N–H and O–H groups in total. The van der Waals surface area contributed by atoms with Crippen molar-refractivity contribution in [3.63, 3.8) is 0 Å². The van der Waals surface area contributed by atoms with Gasteiger partial charge in [0.15, 0.2) is 5.16 Å². The number of nitrogens with zero attached hydrogens (tertiary/aromatic N) is 3. The summed E-state index contributed by atoms with van der Waals surface area (Å²) in [6.45, 7) is 1.21. The van der Waals surface area contributed by atoms with Gasteiger partial charge in [0.1, 0.15) is 5.56 Å². The minimum Gasteiger partial charge on any atom is -0.389 e. The lowest BCUT2D eigenvalue weighted by Crippen LogP contribution is -2.54. The van der Waals surface area contributed by atoms with Crippen LogP contribution in [0, 0.1) is 0 Å². The molecule has 3 rings (SSSR count). The highest BCUT2D eigenvalue weighted by Gasteiger charge is 2.32. The smallest absolute Gasteiger partial charge is 0.267 e. The zero-order valence-corrected chi connectivity index (χ0v) is 9.81. The molecule has 1 fully saturated rings. The van der Waals surface area contributed by atoms with Gasteiger partial charge in [-0.1, -0.05) is 11.8 Å². The van der Waals surface area contributed by atoms with Crippen LogP contribution in [0.2, 0.25) is 0 Å². The first-order valence-corrected chi connectivity index (χ1v) is 6.35. The van der Waals surface area contributed by atoms with Gasteiger partial charge in [-0.2, -0.15) is 0 Å². The summed E-state index contributed by atoms with van der Waals surface area (Å²) in [6, 6.07) is 0. The minimum atomic E-state index is -0.459. The van der Waals surface area contributed by atoms with E-state index in [2.05, 4.69) is 4.98 Å². The molecule has 17 heavy (non-hydrogen) atoms. The largest absolute Gasteiger partial charge is 0.389 e. The standard InChI is InChI=1S/C10H11N3O3S/c14-6-4-12(5-6)8(15)7-3-11-10-13(9(7)16)1-2-17-10/h3,6,14H,1-2,4-5H2. The summed E-state index contributed by atoms with van der Waals surface area (Å²) >= 11 is 1.52. The van der Waals surface area contributed by atoms with E-state index in [4.69, 9.17) is 5.11 Å². The fraction of sp³-hybridized carbons (Fsp3) is 0.500. The molecule has 1 saturated heterocycles. The lowest BCUT2D eigenvalue weighted by molar-refractivity contribution is 0.00567. The summed E-state index contributed by atoms with van der Waals surface area (Å²) in [5.74, 6) is 0.488. The number of likely N-dealkylation sites (tertiary alicyclic amines) is 1. The van der Waals surface area contributed by atoms with E-state index >= 15 is 0 Å². The van der Waals surface area contributed by atoms with Crippen LogP contribution < -0.4 is 5.56 Å². The number of hydrogen-bond acceptors (Lipinski definition) is 5. The maximum absolute atomic E-state index is 12.0. The first-order chi connectivity index (χ1) is 8.16. The van der Waals surface area contributed by atoms with Crippen LogP contribution in [0.25, 0.3) is 0 Å². The molecule has 90 valence electrons. The Balaban J connectivity index is 1.94. The average molecular weight is 253 g/mol. The monoisotopic (exact) mass is 253 g/mol. The maximum atomic E-state index is 12.0. The molecule has 0 radical (unpaired) electrons. The number of hydrogen-bond donors (Lipinski definition) is 1. The maximum Gasteiger partial charge on any atom is 0.267 e. The van der Waals surface area contributed by atoms with Crippen molar-refractivity contribution in [2.24, 2.45) is 0 Å². The quantitative estimate of drug-likeness (QED) is 0.661. The van der Waals surface area contributed by atoms with Gasteiger partial charge in [0.2, 0.25) is 0 Å². The van der Waals surface area contributed by atoms with Crippen molar-refractivity contribution < 1.29 is 9.90 Å². The molecule has 6 nitrogen and oxygen atoms in total. The molecule has 0 bridgehead atoms. The molecular formula is C10H11N3O3S. The molecule has 0 spiro atoms. The summed E-state index contributed by atoms with van der Waals surface area (Å²) in [5, 5.41) is 9.82. The Morgan fingerprint density at radius 1 is 1.53 bits per heavy atom. The van der Waals surface area contributed by atoms with Gasteiger partial charge in [-0.25, -0.2) is 4.98 Å². The first kappa shape index (κ1) is 10.8. The molecule has 1 aromatic rings. The number of β-amino-alcohol motifs (C(OH)–C–C–N with tert-alkyl or cyclic N) is 1. The molecule has 1 amide bonds. The van der Waals surface area contributed by atoms with E-state index in [9.17, 15) is 9.59 Å². The fourth-order valence-electron chi connectivity index (χ4n) is 1.96. The van der Waals surface area contributed by atoms with Gasteiger partial charge in [-0.05, 0) is 0 Å². The van der Waals surface area contributed by atoms with Gasteiger partial charge in [0.05, 0.1) is 6.10 Å². The Kier molecular flexibility index (Phi) is 2.44. The Bertz CT molecular complexity index is 536. The van der Waals surface area contributed by atoms with Crippen LogP contribution in [0.15, 0.2) is 16.1 Å². The van der Waals surface area contributed by atoms with Crippen LogP contribution in [-0.4, -0.2) is 50.4 Å². The predicted molar refractivity (Wildman–Crippen MR) is 61.1 cm³/mol. The van der Waals surface area contributed by atoms with Crippen molar-refractivity contribution in [2.45, 2.75) is 17.8 Å². The molecule has 3 heterocycles. The zero-order chi connectivity index (χ0) is 12.0. The average Bonchev–Trinajstić information content (AvgIpc) is 2.73. The summed E-state index contributed by atoms with van der Waals surface area (Å²) in [6.07, 6.45) is 0.888. The SMILES string of the molecule is O=C(c1cnc2n(c1=O)CCS2)N1CC(O)C1. The fourth-order valence-corrected chi connectivity index (χ4v) is 2.87. The molecule has 0 unspecified atom stereocenters. The number of carbonyl (C=O) groups excluding carboxylic acids is 1. The Morgan fingerprint density at radius 3 is 3.00 bits per heavy atom. The van der Waals surface area contributed by atoms with Crippen molar-refractivity contribution in [3.05, 3.63) is 22.1 Å². The van der Waals surface area contributed by atoms with Crippen molar-refractivity contribution in [1.29, 1.82) is 0 Å². The molecule has 1 aromatic heterocycles. The van der Waals surface area contributed by atoms with Crippen LogP contribution >= 0.6 is 11.8 Å². The van der Waals surface area contributed by atoms with Crippen molar-refractivity contribution in [2.75, 3.05) is 18.8 Å². The second kappa shape index (κ2) is 3.85. The Morgan fingerprint density at radius 2 is 2.29 bits per heavy atom. The zero-order valence-electron chi connectivity index (χ0n) is 9.00. The number of aliphatic hydroxyl groups excluding tert-OH is 1. The highest BCUT2D eigenvalue weighted by atomic mass is 32.2. The number of thioether (sulfide) groups is 1. The number of aromatic nitrogens is 2. The van der Waals surface area contributed by atoms with Crippen LogP contribution in [0.3, 0.4) is 0 Å². The molecule has 7 heteroatoms. The number of aliphatic hydroxyl groups is 1. The van der Waals surface area contributed by atoms with Crippen LogP contribution in [0.1, 0.15) is 10.4 Å². The number of fused-ring (bicyclic) bond motifs is 1. The topological polar surface area (TPSA) is 75.4 Å². The predicted octanol–water partition coefficient (Wildman–Crippen LogP) is -0.834. The van der Waals surface area contributed by atoms with Gasteiger partial charge in [-0.15, -0.1) is 0 Å². The first-order valence-electron chi connectivity index (χ1n) is 5.37.